The summed E-state index contributed by atoms with van der Waals surface area (Å²) in [6, 6.07) is 13.4. The number of morpholine rings is 1. The molecule has 1 N–H and O–H groups in total. The Kier molecular flexibility index (Phi) is 5.87. The number of ether oxygens (including phenoxy) is 1. The second-order valence-corrected chi connectivity index (χ2v) is 9.46. The Balaban J connectivity index is 1.25. The molecule has 0 unspecified atom stereocenters. The van der Waals surface area contributed by atoms with Crippen LogP contribution in [0.3, 0.4) is 0 Å². The summed E-state index contributed by atoms with van der Waals surface area (Å²) in [6.45, 7) is 3.17. The number of rotatable bonds is 5. The summed E-state index contributed by atoms with van der Waals surface area (Å²) < 4.78 is 6.47. The van der Waals surface area contributed by atoms with Crippen LogP contribution in [0.5, 0.6) is 0 Å². The number of anilines is 2. The number of amides is 1. The molecular formula is C22H19ClN4O2S2. The van der Waals surface area contributed by atoms with Gasteiger partial charge in [0.15, 0.2) is 5.13 Å². The summed E-state index contributed by atoms with van der Waals surface area (Å²) in [5, 5.41) is 7.47. The maximum absolute atomic E-state index is 12.6. The van der Waals surface area contributed by atoms with E-state index < -0.39 is 0 Å². The Labute approximate surface area is 192 Å². The molecule has 0 atom stereocenters. The lowest BCUT2D eigenvalue weighted by molar-refractivity contribution is -0.115. The molecule has 1 fully saturated rings. The van der Waals surface area contributed by atoms with Crippen molar-refractivity contribution in [3.05, 3.63) is 58.6 Å². The van der Waals surface area contributed by atoms with Crippen LogP contribution in [0.1, 0.15) is 5.69 Å². The highest BCUT2D eigenvalue weighted by atomic mass is 35.5. The lowest BCUT2D eigenvalue weighted by atomic mass is 10.2. The minimum Gasteiger partial charge on any atom is -0.378 e. The van der Waals surface area contributed by atoms with Crippen LogP contribution in [0.2, 0.25) is 5.02 Å². The van der Waals surface area contributed by atoms with Crippen molar-refractivity contribution in [1.29, 1.82) is 0 Å². The quantitative estimate of drug-likeness (QED) is 0.440. The van der Waals surface area contributed by atoms with Crippen molar-refractivity contribution in [2.75, 3.05) is 36.5 Å². The third kappa shape index (κ3) is 4.72. The third-order valence-electron chi connectivity index (χ3n) is 4.93. The van der Waals surface area contributed by atoms with E-state index >= 15 is 0 Å². The van der Waals surface area contributed by atoms with Crippen LogP contribution >= 0.6 is 34.3 Å². The summed E-state index contributed by atoms with van der Waals surface area (Å²) in [4.78, 5) is 24.1. The van der Waals surface area contributed by atoms with Crippen LogP contribution in [-0.4, -0.2) is 42.2 Å². The zero-order chi connectivity index (χ0) is 21.2. The molecule has 1 amide bonds. The number of nitrogens with zero attached hydrogens (tertiary/aromatic N) is 3. The normalized spacial score (nSPS) is 14.2. The molecule has 0 aliphatic carbocycles. The first kappa shape index (κ1) is 20.4. The molecule has 1 aliphatic heterocycles. The molecule has 0 radical (unpaired) electrons. The van der Waals surface area contributed by atoms with Crippen LogP contribution in [0.25, 0.3) is 20.8 Å². The standard InChI is InChI=1S/C22H19ClN4O2S2/c23-15-3-1-14(2-4-15)21-25-17(13-30-21)12-20(28)24-16-5-6-18-19(11-16)31-22(26-18)27-7-9-29-10-8-27/h1-6,11,13H,7-10,12H2,(H,24,28). The number of hydrogen-bond donors (Lipinski definition) is 1. The van der Waals surface area contributed by atoms with E-state index in [1.54, 1.807) is 11.3 Å². The van der Waals surface area contributed by atoms with E-state index in [2.05, 4.69) is 15.2 Å². The first-order valence-electron chi connectivity index (χ1n) is 9.87. The summed E-state index contributed by atoms with van der Waals surface area (Å²) in [5.41, 5.74) is 3.45. The average molecular weight is 471 g/mol. The fourth-order valence-corrected chi connectivity index (χ4v) is 5.37. The number of thiazole rings is 2. The maximum atomic E-state index is 12.6. The highest BCUT2D eigenvalue weighted by molar-refractivity contribution is 7.22. The predicted octanol–water partition coefficient (Wildman–Crippen LogP) is 5.09. The Bertz CT molecular complexity index is 1220. The number of benzene rings is 2. The van der Waals surface area contributed by atoms with Crippen LogP contribution < -0.4 is 10.2 Å². The van der Waals surface area contributed by atoms with Gasteiger partial charge in [0.1, 0.15) is 5.01 Å². The van der Waals surface area contributed by atoms with Crippen molar-refractivity contribution in [2.24, 2.45) is 0 Å². The lowest BCUT2D eigenvalue weighted by Gasteiger charge is -2.25. The number of carbonyl (C=O) groups is 1. The SMILES string of the molecule is O=C(Cc1csc(-c2ccc(Cl)cc2)n1)Nc1ccc2nc(N3CCOCC3)sc2c1. The van der Waals surface area contributed by atoms with Gasteiger partial charge in [0.05, 0.1) is 35.5 Å². The summed E-state index contributed by atoms with van der Waals surface area (Å²) in [5.74, 6) is -0.0924. The molecule has 0 spiro atoms. The van der Waals surface area contributed by atoms with Crippen LogP contribution in [0.15, 0.2) is 47.8 Å². The Morgan fingerprint density at radius 1 is 1.13 bits per heavy atom. The van der Waals surface area contributed by atoms with Crippen molar-refractivity contribution in [2.45, 2.75) is 6.42 Å². The van der Waals surface area contributed by atoms with Gasteiger partial charge < -0.3 is 15.0 Å². The molecule has 158 valence electrons. The predicted molar refractivity (Wildman–Crippen MR) is 128 cm³/mol. The minimum absolute atomic E-state index is 0.0924. The first-order valence-corrected chi connectivity index (χ1v) is 11.9. The maximum Gasteiger partial charge on any atom is 0.230 e. The molecule has 4 aromatic rings. The van der Waals surface area contributed by atoms with E-state index in [4.69, 9.17) is 21.3 Å². The van der Waals surface area contributed by atoms with Crippen molar-refractivity contribution in [3.63, 3.8) is 0 Å². The topological polar surface area (TPSA) is 67.4 Å². The van der Waals surface area contributed by atoms with Crippen molar-refractivity contribution >= 4 is 61.2 Å². The van der Waals surface area contributed by atoms with E-state index in [1.807, 2.05) is 47.8 Å². The number of hydrogen-bond acceptors (Lipinski definition) is 7. The number of aromatic nitrogens is 2. The molecule has 6 nitrogen and oxygen atoms in total. The molecule has 1 aliphatic rings. The van der Waals surface area contributed by atoms with Gasteiger partial charge in [-0.3, -0.25) is 4.79 Å². The van der Waals surface area contributed by atoms with Crippen LogP contribution in [0.4, 0.5) is 10.8 Å². The van der Waals surface area contributed by atoms with Gasteiger partial charge in [-0.05, 0) is 30.3 Å². The van der Waals surface area contributed by atoms with Gasteiger partial charge >= 0.3 is 0 Å². The van der Waals surface area contributed by atoms with Gasteiger partial charge in [0.25, 0.3) is 0 Å². The van der Waals surface area contributed by atoms with E-state index in [9.17, 15) is 4.79 Å². The minimum atomic E-state index is -0.0924. The second kappa shape index (κ2) is 8.92. The second-order valence-electron chi connectivity index (χ2n) is 7.15. The lowest BCUT2D eigenvalue weighted by Crippen LogP contribution is -2.36. The highest BCUT2D eigenvalue weighted by Crippen LogP contribution is 2.31. The Morgan fingerprint density at radius 3 is 2.74 bits per heavy atom. The molecule has 2 aromatic carbocycles. The molecule has 0 saturated carbocycles. The van der Waals surface area contributed by atoms with E-state index in [-0.39, 0.29) is 12.3 Å². The molecular weight excluding hydrogens is 452 g/mol. The fraction of sp³-hybridized carbons (Fsp3) is 0.227. The zero-order valence-electron chi connectivity index (χ0n) is 16.5. The molecule has 3 heterocycles. The Morgan fingerprint density at radius 2 is 1.94 bits per heavy atom. The number of nitrogens with one attached hydrogen (secondary N) is 1. The van der Waals surface area contributed by atoms with Gasteiger partial charge in [0, 0.05) is 34.7 Å². The molecule has 0 bridgehead atoms. The van der Waals surface area contributed by atoms with Crippen molar-refractivity contribution in [1.82, 2.24) is 9.97 Å². The van der Waals surface area contributed by atoms with Gasteiger partial charge in [-0.1, -0.05) is 35.1 Å². The van der Waals surface area contributed by atoms with Crippen LogP contribution in [-0.2, 0) is 16.0 Å². The van der Waals surface area contributed by atoms with E-state index in [0.717, 1.165) is 63.6 Å². The van der Waals surface area contributed by atoms with E-state index in [0.29, 0.717) is 5.02 Å². The highest BCUT2D eigenvalue weighted by Gasteiger charge is 2.16. The molecule has 5 rings (SSSR count). The molecule has 9 heteroatoms. The smallest absolute Gasteiger partial charge is 0.230 e. The molecule has 2 aromatic heterocycles. The number of fused-ring (bicyclic) bond motifs is 1. The summed E-state index contributed by atoms with van der Waals surface area (Å²) in [7, 11) is 0. The first-order chi connectivity index (χ1) is 15.1. The largest absolute Gasteiger partial charge is 0.378 e. The summed E-state index contributed by atoms with van der Waals surface area (Å²) >= 11 is 9.11. The number of carbonyl (C=O) groups excluding carboxylic acids is 1. The summed E-state index contributed by atoms with van der Waals surface area (Å²) in [6.07, 6.45) is 0.226. The van der Waals surface area contributed by atoms with E-state index in [1.165, 1.54) is 11.3 Å². The van der Waals surface area contributed by atoms with Crippen molar-refractivity contribution < 1.29 is 9.53 Å². The van der Waals surface area contributed by atoms with Gasteiger partial charge in [-0.25, -0.2) is 9.97 Å². The van der Waals surface area contributed by atoms with Crippen LogP contribution in [0, 0.1) is 0 Å². The third-order valence-corrected chi connectivity index (χ3v) is 7.20. The zero-order valence-corrected chi connectivity index (χ0v) is 18.9. The average Bonchev–Trinajstić information content (AvgIpc) is 3.41. The van der Waals surface area contributed by atoms with Crippen molar-refractivity contribution in [3.8, 4) is 10.6 Å². The van der Waals surface area contributed by atoms with Gasteiger partial charge in [-0.15, -0.1) is 11.3 Å². The van der Waals surface area contributed by atoms with Gasteiger partial charge in [-0.2, -0.15) is 0 Å². The molecule has 1 saturated heterocycles. The fourth-order valence-electron chi connectivity index (χ4n) is 3.36. The van der Waals surface area contributed by atoms with Gasteiger partial charge in [0.2, 0.25) is 5.91 Å². The monoisotopic (exact) mass is 470 g/mol. The Hall–Kier alpha value is -2.52. The number of halogens is 1. The molecule has 31 heavy (non-hydrogen) atoms.